The molecule has 0 atom stereocenters. The molecular weight excluding hydrogens is 473 g/mol. The molecule has 3 rings (SSSR count). The van der Waals surface area contributed by atoms with Crippen LogP contribution >= 0.6 is 0 Å². The van der Waals surface area contributed by atoms with Gasteiger partial charge in [0.1, 0.15) is 16.5 Å². The summed E-state index contributed by atoms with van der Waals surface area (Å²) in [6.45, 7) is 1.49. The van der Waals surface area contributed by atoms with E-state index in [-0.39, 0.29) is 24.7 Å². The topological polar surface area (TPSA) is 96.0 Å². The number of likely N-dealkylation sites (N-methyl/N-ethyl adjacent to an activating group) is 1. The number of anilines is 2. The molecule has 0 saturated carbocycles. The first-order valence-corrected chi connectivity index (χ1v) is 12.1. The summed E-state index contributed by atoms with van der Waals surface area (Å²) in [5.41, 5.74) is 2.00. The van der Waals surface area contributed by atoms with E-state index in [0.717, 1.165) is 15.9 Å². The number of benzene rings is 3. The van der Waals surface area contributed by atoms with E-state index >= 15 is 0 Å². The van der Waals surface area contributed by atoms with Crippen LogP contribution in [0.4, 0.5) is 15.8 Å². The van der Waals surface area contributed by atoms with Crippen molar-refractivity contribution >= 4 is 33.2 Å². The Hall–Kier alpha value is -3.92. The summed E-state index contributed by atoms with van der Waals surface area (Å²) >= 11 is 0. The zero-order valence-electron chi connectivity index (χ0n) is 19.6. The van der Waals surface area contributed by atoms with Crippen LogP contribution in [0.2, 0.25) is 0 Å². The van der Waals surface area contributed by atoms with E-state index in [9.17, 15) is 22.4 Å². The zero-order chi connectivity index (χ0) is 25.6. The van der Waals surface area contributed by atoms with Gasteiger partial charge in [-0.1, -0.05) is 29.8 Å². The van der Waals surface area contributed by atoms with Gasteiger partial charge in [0.05, 0.1) is 12.2 Å². The first-order chi connectivity index (χ1) is 16.6. The van der Waals surface area contributed by atoms with Crippen LogP contribution in [0.25, 0.3) is 0 Å². The van der Waals surface area contributed by atoms with E-state index in [1.165, 1.54) is 61.5 Å². The Morgan fingerprint density at radius 2 is 1.57 bits per heavy atom. The molecule has 0 spiro atoms. The van der Waals surface area contributed by atoms with Gasteiger partial charge >= 0.3 is 0 Å². The highest BCUT2D eigenvalue weighted by atomic mass is 32.2. The Morgan fingerprint density at radius 3 is 2.20 bits per heavy atom. The van der Waals surface area contributed by atoms with Crippen LogP contribution in [0.5, 0.6) is 5.75 Å². The van der Waals surface area contributed by atoms with E-state index in [1.807, 2.05) is 19.1 Å². The minimum atomic E-state index is -4.09. The molecule has 3 aromatic carbocycles. The monoisotopic (exact) mass is 499 g/mol. The first-order valence-electron chi connectivity index (χ1n) is 10.6. The number of aryl methyl sites for hydroxylation is 1. The molecule has 35 heavy (non-hydrogen) atoms. The van der Waals surface area contributed by atoms with Crippen LogP contribution in [-0.2, 0) is 19.6 Å². The van der Waals surface area contributed by atoms with Gasteiger partial charge in [-0.25, -0.2) is 12.8 Å². The van der Waals surface area contributed by atoms with E-state index in [0.29, 0.717) is 11.4 Å². The predicted molar refractivity (Wildman–Crippen MR) is 131 cm³/mol. The number of sulfonamides is 1. The molecule has 0 bridgehead atoms. The van der Waals surface area contributed by atoms with Crippen molar-refractivity contribution in [1.29, 1.82) is 0 Å². The second-order valence-corrected chi connectivity index (χ2v) is 9.79. The molecule has 0 radical (unpaired) electrons. The molecule has 0 aliphatic carbocycles. The standard InChI is InChI=1S/C25H26FN3O5S/c1-18-8-10-19(11-9-18)27-24(30)16-28(2)25(31)17-34-21-14-12-20(13-15-21)29(3)35(32,33)23-7-5-4-6-22(23)26/h4-15H,16-17H2,1-3H3,(H,27,30). The fourth-order valence-electron chi connectivity index (χ4n) is 3.09. The molecule has 0 heterocycles. The molecule has 0 aliphatic rings. The first kappa shape index (κ1) is 25.7. The molecule has 0 unspecified atom stereocenters. The van der Waals surface area contributed by atoms with Crippen molar-refractivity contribution in [1.82, 2.24) is 4.90 Å². The number of amides is 2. The van der Waals surface area contributed by atoms with E-state index in [2.05, 4.69) is 5.32 Å². The highest BCUT2D eigenvalue weighted by Crippen LogP contribution is 2.25. The normalized spacial score (nSPS) is 11.0. The van der Waals surface area contributed by atoms with Crippen LogP contribution in [0, 0.1) is 12.7 Å². The van der Waals surface area contributed by atoms with Gasteiger partial charge in [0.2, 0.25) is 5.91 Å². The third-order valence-electron chi connectivity index (χ3n) is 5.18. The molecule has 184 valence electrons. The highest BCUT2D eigenvalue weighted by Gasteiger charge is 2.24. The van der Waals surface area contributed by atoms with Crippen LogP contribution in [0.15, 0.2) is 77.7 Å². The number of rotatable bonds is 9. The van der Waals surface area contributed by atoms with Crippen LogP contribution in [0.3, 0.4) is 0 Å². The average Bonchev–Trinajstić information content (AvgIpc) is 2.83. The lowest BCUT2D eigenvalue weighted by Gasteiger charge is -2.20. The molecule has 0 aliphatic heterocycles. The summed E-state index contributed by atoms with van der Waals surface area (Å²) in [6.07, 6.45) is 0. The van der Waals surface area contributed by atoms with Crippen LogP contribution < -0.4 is 14.4 Å². The van der Waals surface area contributed by atoms with Gasteiger partial charge in [-0.15, -0.1) is 0 Å². The van der Waals surface area contributed by atoms with Crippen LogP contribution in [0.1, 0.15) is 5.56 Å². The number of carbonyl (C=O) groups excluding carboxylic acids is 2. The van der Waals surface area contributed by atoms with Crippen molar-refractivity contribution in [2.45, 2.75) is 11.8 Å². The largest absolute Gasteiger partial charge is 0.484 e. The molecule has 0 saturated heterocycles. The van der Waals surface area contributed by atoms with Crippen molar-refractivity contribution in [3.63, 3.8) is 0 Å². The minimum absolute atomic E-state index is 0.145. The smallest absolute Gasteiger partial charge is 0.266 e. The number of halogens is 1. The third-order valence-corrected chi connectivity index (χ3v) is 7.00. The molecular formula is C25H26FN3O5S. The molecule has 1 N–H and O–H groups in total. The lowest BCUT2D eigenvalue weighted by atomic mass is 10.2. The Kier molecular flexibility index (Phi) is 8.08. The molecule has 10 heteroatoms. The zero-order valence-corrected chi connectivity index (χ0v) is 20.4. The number of hydrogen-bond acceptors (Lipinski definition) is 5. The maximum atomic E-state index is 14.0. The molecule has 3 aromatic rings. The van der Waals surface area contributed by atoms with Crippen molar-refractivity contribution in [2.75, 3.05) is 36.9 Å². The number of hydrogen-bond donors (Lipinski definition) is 1. The summed E-state index contributed by atoms with van der Waals surface area (Å²) in [4.78, 5) is 25.3. The number of nitrogens with one attached hydrogen (secondary N) is 1. The fourth-order valence-corrected chi connectivity index (χ4v) is 4.35. The number of nitrogens with zero attached hydrogens (tertiary/aromatic N) is 2. The van der Waals surface area contributed by atoms with Crippen molar-refractivity contribution < 1.29 is 27.1 Å². The lowest BCUT2D eigenvalue weighted by Crippen LogP contribution is -2.37. The predicted octanol–water partition coefficient (Wildman–Crippen LogP) is 3.44. The van der Waals surface area contributed by atoms with Crippen molar-refractivity contribution in [3.05, 3.63) is 84.2 Å². The van der Waals surface area contributed by atoms with Gasteiger partial charge in [0.25, 0.3) is 15.9 Å². The second kappa shape index (κ2) is 11.0. The van der Waals surface area contributed by atoms with Crippen molar-refractivity contribution in [3.8, 4) is 5.75 Å². The quantitative estimate of drug-likeness (QED) is 0.487. The van der Waals surface area contributed by atoms with E-state index in [4.69, 9.17) is 4.74 Å². The summed E-state index contributed by atoms with van der Waals surface area (Å²) in [7, 11) is -1.28. The maximum Gasteiger partial charge on any atom is 0.266 e. The number of carbonyl (C=O) groups is 2. The Labute approximate surface area is 204 Å². The van der Waals surface area contributed by atoms with E-state index in [1.54, 1.807) is 12.1 Å². The van der Waals surface area contributed by atoms with Gasteiger partial charge in [-0.2, -0.15) is 0 Å². The average molecular weight is 500 g/mol. The summed E-state index contributed by atoms with van der Waals surface area (Å²) in [5.74, 6) is -1.26. The Bertz CT molecular complexity index is 1300. The molecule has 2 amide bonds. The minimum Gasteiger partial charge on any atom is -0.484 e. The van der Waals surface area contributed by atoms with E-state index < -0.39 is 26.6 Å². The second-order valence-electron chi connectivity index (χ2n) is 7.85. The molecule has 8 nitrogen and oxygen atoms in total. The summed E-state index contributed by atoms with van der Waals surface area (Å²) < 4.78 is 45.9. The summed E-state index contributed by atoms with van der Waals surface area (Å²) in [5, 5.41) is 2.72. The third kappa shape index (κ3) is 6.57. The van der Waals surface area contributed by atoms with Crippen LogP contribution in [-0.4, -0.2) is 52.4 Å². The van der Waals surface area contributed by atoms with Gasteiger partial charge in [0, 0.05) is 19.8 Å². The molecule has 0 fully saturated rings. The number of ether oxygens (including phenoxy) is 1. The van der Waals surface area contributed by atoms with Crippen molar-refractivity contribution in [2.24, 2.45) is 0 Å². The SMILES string of the molecule is Cc1ccc(NC(=O)CN(C)C(=O)COc2ccc(N(C)S(=O)(=O)c3ccccc3F)cc2)cc1. The van der Waals surface area contributed by atoms with Gasteiger partial charge in [-0.3, -0.25) is 13.9 Å². The Balaban J connectivity index is 1.54. The van der Waals surface area contributed by atoms with Gasteiger partial charge in [-0.05, 0) is 55.5 Å². The Morgan fingerprint density at radius 1 is 0.943 bits per heavy atom. The molecule has 0 aromatic heterocycles. The highest BCUT2D eigenvalue weighted by molar-refractivity contribution is 7.92. The van der Waals surface area contributed by atoms with Gasteiger partial charge < -0.3 is 15.0 Å². The lowest BCUT2D eigenvalue weighted by molar-refractivity contribution is -0.135. The maximum absolute atomic E-state index is 14.0. The summed E-state index contributed by atoms with van der Waals surface area (Å²) in [6, 6.07) is 18.4. The van der Waals surface area contributed by atoms with Gasteiger partial charge in [0.15, 0.2) is 6.61 Å². The fraction of sp³-hybridized carbons (Fsp3) is 0.200.